The van der Waals surface area contributed by atoms with Gasteiger partial charge in [0, 0.05) is 26.1 Å². The van der Waals surface area contributed by atoms with Crippen LogP contribution in [0.25, 0.3) is 0 Å². The first-order valence-electron chi connectivity index (χ1n) is 8.20. The summed E-state index contributed by atoms with van der Waals surface area (Å²) in [6, 6.07) is 8.01. The number of carbonyl (C=O) groups is 2. The van der Waals surface area contributed by atoms with Crippen molar-refractivity contribution in [3.8, 4) is 0 Å². The summed E-state index contributed by atoms with van der Waals surface area (Å²) in [7, 11) is 0. The van der Waals surface area contributed by atoms with Crippen molar-refractivity contribution in [2.75, 3.05) is 13.1 Å². The van der Waals surface area contributed by atoms with Gasteiger partial charge in [0.2, 0.25) is 5.91 Å². The van der Waals surface area contributed by atoms with Crippen LogP contribution in [0.1, 0.15) is 36.9 Å². The van der Waals surface area contributed by atoms with Crippen molar-refractivity contribution in [1.82, 2.24) is 15.5 Å². The SMILES string of the molecule is CC(=O)NC1CCN(C(=O)N[C@@H]2Cc3ccccc3[C@H]2N)CC1. The van der Waals surface area contributed by atoms with Gasteiger partial charge < -0.3 is 21.3 Å². The number of hydrogen-bond donors (Lipinski definition) is 3. The van der Waals surface area contributed by atoms with E-state index in [2.05, 4.69) is 16.7 Å². The predicted octanol–water partition coefficient (Wildman–Crippen LogP) is 0.921. The maximum Gasteiger partial charge on any atom is 0.317 e. The number of hydrogen-bond acceptors (Lipinski definition) is 3. The zero-order valence-corrected chi connectivity index (χ0v) is 13.4. The fourth-order valence-electron chi connectivity index (χ4n) is 3.53. The number of likely N-dealkylation sites (tertiary alicyclic amines) is 1. The minimum atomic E-state index is -0.146. The van der Waals surface area contributed by atoms with Crippen molar-refractivity contribution in [3.63, 3.8) is 0 Å². The van der Waals surface area contributed by atoms with Gasteiger partial charge in [0.25, 0.3) is 0 Å². The molecule has 0 bridgehead atoms. The second-order valence-corrected chi connectivity index (χ2v) is 6.45. The molecule has 6 heteroatoms. The lowest BCUT2D eigenvalue weighted by atomic mass is 10.1. The van der Waals surface area contributed by atoms with Crippen LogP contribution < -0.4 is 16.4 Å². The highest BCUT2D eigenvalue weighted by atomic mass is 16.2. The molecule has 0 saturated carbocycles. The highest BCUT2D eigenvalue weighted by Crippen LogP contribution is 2.29. The zero-order chi connectivity index (χ0) is 16.4. The van der Waals surface area contributed by atoms with Crippen molar-refractivity contribution >= 4 is 11.9 Å². The van der Waals surface area contributed by atoms with E-state index < -0.39 is 0 Å². The Hall–Kier alpha value is -2.08. The van der Waals surface area contributed by atoms with E-state index in [1.807, 2.05) is 23.1 Å². The molecule has 4 N–H and O–H groups in total. The summed E-state index contributed by atoms with van der Waals surface area (Å²) in [4.78, 5) is 25.3. The van der Waals surface area contributed by atoms with Crippen LogP contribution in [0.5, 0.6) is 0 Å². The van der Waals surface area contributed by atoms with E-state index in [1.54, 1.807) is 0 Å². The molecule has 0 spiro atoms. The van der Waals surface area contributed by atoms with Gasteiger partial charge in [0.05, 0.1) is 12.1 Å². The molecular formula is C17H24N4O2. The molecule has 1 fully saturated rings. The first-order chi connectivity index (χ1) is 11.0. The lowest BCUT2D eigenvalue weighted by Gasteiger charge is -2.33. The van der Waals surface area contributed by atoms with Crippen LogP contribution in [0.15, 0.2) is 24.3 Å². The number of amides is 3. The highest BCUT2D eigenvalue weighted by molar-refractivity contribution is 5.75. The minimum Gasteiger partial charge on any atom is -0.353 e. The van der Waals surface area contributed by atoms with E-state index in [0.29, 0.717) is 13.1 Å². The van der Waals surface area contributed by atoms with Crippen LogP contribution in [0.2, 0.25) is 0 Å². The minimum absolute atomic E-state index is 0.0115. The number of nitrogens with zero attached hydrogens (tertiary/aromatic N) is 1. The standard InChI is InChI=1S/C17H24N4O2/c1-11(22)19-13-6-8-21(9-7-13)17(23)20-15-10-12-4-2-3-5-14(12)16(15)18/h2-5,13,15-16H,6-10,18H2,1H3,(H,19,22)(H,20,23)/t15-,16-/m1/s1. The molecule has 1 saturated heterocycles. The van der Waals surface area contributed by atoms with Crippen molar-refractivity contribution in [2.24, 2.45) is 5.73 Å². The molecular weight excluding hydrogens is 292 g/mol. The van der Waals surface area contributed by atoms with Gasteiger partial charge in [-0.1, -0.05) is 24.3 Å². The summed E-state index contributed by atoms with van der Waals surface area (Å²) in [6.45, 7) is 2.84. The van der Waals surface area contributed by atoms with Gasteiger partial charge in [0.15, 0.2) is 0 Å². The van der Waals surface area contributed by atoms with Gasteiger partial charge in [-0.3, -0.25) is 4.79 Å². The van der Waals surface area contributed by atoms with Crippen LogP contribution in [0.3, 0.4) is 0 Å². The Kier molecular flexibility index (Phi) is 4.52. The van der Waals surface area contributed by atoms with Crippen molar-refractivity contribution in [3.05, 3.63) is 35.4 Å². The Morgan fingerprint density at radius 1 is 1.17 bits per heavy atom. The fraction of sp³-hybridized carbons (Fsp3) is 0.529. The Morgan fingerprint density at radius 2 is 1.87 bits per heavy atom. The number of piperidine rings is 1. The van der Waals surface area contributed by atoms with Crippen molar-refractivity contribution < 1.29 is 9.59 Å². The fourth-order valence-corrected chi connectivity index (χ4v) is 3.53. The summed E-state index contributed by atoms with van der Waals surface area (Å²) in [5.74, 6) is -0.0115. The lowest BCUT2D eigenvalue weighted by molar-refractivity contribution is -0.119. The molecule has 1 aromatic rings. The average Bonchev–Trinajstić information content (AvgIpc) is 2.84. The van der Waals surface area contributed by atoms with E-state index in [0.717, 1.165) is 24.8 Å². The third-order valence-corrected chi connectivity index (χ3v) is 4.79. The summed E-state index contributed by atoms with van der Waals surface area (Å²) in [5, 5.41) is 5.99. The predicted molar refractivity (Wildman–Crippen MR) is 87.8 cm³/mol. The Labute approximate surface area is 136 Å². The maximum atomic E-state index is 12.5. The zero-order valence-electron chi connectivity index (χ0n) is 13.4. The summed E-state index contributed by atoms with van der Waals surface area (Å²) < 4.78 is 0. The lowest BCUT2D eigenvalue weighted by Crippen LogP contribution is -2.52. The quantitative estimate of drug-likeness (QED) is 0.758. The van der Waals surface area contributed by atoms with Gasteiger partial charge in [-0.25, -0.2) is 4.79 Å². The smallest absolute Gasteiger partial charge is 0.317 e. The Balaban J connectivity index is 1.52. The molecule has 3 rings (SSSR count). The molecule has 0 unspecified atom stereocenters. The normalized spacial score (nSPS) is 24.2. The first kappa shape index (κ1) is 15.8. The third kappa shape index (κ3) is 3.47. The van der Waals surface area contributed by atoms with Crippen molar-refractivity contribution in [1.29, 1.82) is 0 Å². The van der Waals surface area contributed by atoms with Crippen LogP contribution in [0, 0.1) is 0 Å². The second kappa shape index (κ2) is 6.58. The van der Waals surface area contributed by atoms with E-state index in [-0.39, 0.29) is 30.1 Å². The van der Waals surface area contributed by atoms with Gasteiger partial charge in [-0.15, -0.1) is 0 Å². The molecule has 2 aliphatic rings. The number of rotatable bonds is 2. The average molecular weight is 316 g/mol. The third-order valence-electron chi connectivity index (χ3n) is 4.79. The number of nitrogens with two attached hydrogens (primary N) is 1. The van der Waals surface area contributed by atoms with Crippen LogP contribution in [-0.2, 0) is 11.2 Å². The molecule has 6 nitrogen and oxygen atoms in total. The van der Waals surface area contributed by atoms with E-state index >= 15 is 0 Å². The van der Waals surface area contributed by atoms with Crippen LogP contribution in [0.4, 0.5) is 4.79 Å². The highest BCUT2D eigenvalue weighted by Gasteiger charge is 2.32. The summed E-state index contributed by atoms with van der Waals surface area (Å²) >= 11 is 0. The van der Waals surface area contributed by atoms with Gasteiger partial charge in [-0.05, 0) is 30.4 Å². The molecule has 0 aromatic heterocycles. The Bertz CT molecular complexity index is 596. The maximum absolute atomic E-state index is 12.5. The monoisotopic (exact) mass is 316 g/mol. The number of urea groups is 1. The largest absolute Gasteiger partial charge is 0.353 e. The molecule has 1 aliphatic heterocycles. The van der Waals surface area contributed by atoms with Crippen molar-refractivity contribution in [2.45, 2.75) is 44.3 Å². The molecule has 23 heavy (non-hydrogen) atoms. The molecule has 1 aromatic carbocycles. The van der Waals surface area contributed by atoms with Gasteiger partial charge in [0.1, 0.15) is 0 Å². The molecule has 1 heterocycles. The number of nitrogens with one attached hydrogen (secondary N) is 2. The molecule has 1 aliphatic carbocycles. The summed E-state index contributed by atoms with van der Waals surface area (Å²) in [5.41, 5.74) is 8.61. The van der Waals surface area contributed by atoms with E-state index in [9.17, 15) is 9.59 Å². The molecule has 2 atom stereocenters. The van der Waals surface area contributed by atoms with Gasteiger partial charge in [-0.2, -0.15) is 0 Å². The van der Waals surface area contributed by atoms with E-state index in [4.69, 9.17) is 5.73 Å². The molecule has 124 valence electrons. The van der Waals surface area contributed by atoms with Crippen LogP contribution in [-0.4, -0.2) is 42.0 Å². The Morgan fingerprint density at radius 3 is 2.52 bits per heavy atom. The second-order valence-electron chi connectivity index (χ2n) is 6.45. The molecule has 3 amide bonds. The van der Waals surface area contributed by atoms with E-state index in [1.165, 1.54) is 12.5 Å². The number of fused-ring (bicyclic) bond motifs is 1. The molecule has 0 radical (unpaired) electrons. The summed E-state index contributed by atoms with van der Waals surface area (Å²) in [6.07, 6.45) is 2.37. The first-order valence-corrected chi connectivity index (χ1v) is 8.20. The topological polar surface area (TPSA) is 87.5 Å². The van der Waals surface area contributed by atoms with Crippen LogP contribution >= 0.6 is 0 Å². The number of benzene rings is 1. The van der Waals surface area contributed by atoms with Gasteiger partial charge >= 0.3 is 6.03 Å². The number of carbonyl (C=O) groups excluding carboxylic acids is 2.